The highest BCUT2D eigenvalue weighted by Crippen LogP contribution is 2.35. The highest BCUT2D eigenvalue weighted by molar-refractivity contribution is 8.00. The van der Waals surface area contributed by atoms with E-state index in [2.05, 4.69) is 25.8 Å². The number of benzene rings is 2. The lowest BCUT2D eigenvalue weighted by Gasteiger charge is -2.21. The van der Waals surface area contributed by atoms with Crippen LogP contribution in [-0.2, 0) is 11.3 Å². The summed E-state index contributed by atoms with van der Waals surface area (Å²) in [5.41, 5.74) is 2.05. The molecule has 1 aromatic heterocycles. The average Bonchev–Trinajstić information content (AvgIpc) is 3.16. The molecule has 2 heterocycles. The molecule has 27 heavy (non-hydrogen) atoms. The first kappa shape index (κ1) is 17.3. The first-order chi connectivity index (χ1) is 13.1. The number of rotatable bonds is 4. The Morgan fingerprint density at radius 1 is 1.22 bits per heavy atom. The molecule has 136 valence electrons. The monoisotopic (exact) mass is 379 g/mol. The van der Waals surface area contributed by atoms with E-state index in [-0.39, 0.29) is 23.6 Å². The molecule has 0 spiro atoms. The normalized spacial score (nSPS) is 15.7. The number of hydrogen-bond acceptors (Lipinski definition) is 5. The number of aromatic amines is 1. The van der Waals surface area contributed by atoms with Crippen molar-refractivity contribution < 1.29 is 9.59 Å². The predicted molar refractivity (Wildman–Crippen MR) is 103 cm³/mol. The molecule has 0 fully saturated rings. The third kappa shape index (κ3) is 3.70. The number of carbonyl (C=O) groups excluding carboxylic acids is 2. The van der Waals surface area contributed by atoms with Crippen molar-refractivity contribution in [2.24, 2.45) is 0 Å². The van der Waals surface area contributed by atoms with Gasteiger partial charge in [-0.25, -0.2) is 4.98 Å². The van der Waals surface area contributed by atoms with Gasteiger partial charge in [0.15, 0.2) is 5.82 Å². The molecule has 1 atom stereocenters. The van der Waals surface area contributed by atoms with Crippen molar-refractivity contribution in [2.75, 3.05) is 5.32 Å². The van der Waals surface area contributed by atoms with E-state index < -0.39 is 0 Å². The molecule has 0 unspecified atom stereocenters. The van der Waals surface area contributed by atoms with Gasteiger partial charge in [-0.2, -0.15) is 5.10 Å². The Balaban J connectivity index is 1.42. The first-order valence-corrected chi connectivity index (χ1v) is 9.34. The fourth-order valence-corrected chi connectivity index (χ4v) is 3.64. The second-order valence-electron chi connectivity index (χ2n) is 6.11. The number of hydrogen-bond donors (Lipinski definition) is 3. The van der Waals surface area contributed by atoms with Gasteiger partial charge in [-0.15, -0.1) is 11.8 Å². The van der Waals surface area contributed by atoms with Gasteiger partial charge in [0.05, 0.1) is 17.5 Å². The fraction of sp³-hybridized carbons (Fsp3) is 0.158. The van der Waals surface area contributed by atoms with E-state index in [0.29, 0.717) is 22.9 Å². The van der Waals surface area contributed by atoms with E-state index >= 15 is 0 Å². The maximum absolute atomic E-state index is 12.4. The van der Waals surface area contributed by atoms with E-state index in [9.17, 15) is 9.59 Å². The zero-order valence-corrected chi connectivity index (χ0v) is 15.3. The van der Waals surface area contributed by atoms with Crippen LogP contribution in [0.25, 0.3) is 11.4 Å². The molecule has 8 heteroatoms. The average molecular weight is 379 g/mol. The lowest BCUT2D eigenvalue weighted by atomic mass is 10.1. The Kier molecular flexibility index (Phi) is 4.64. The zero-order chi connectivity index (χ0) is 18.8. The number of thioether (sulfide) groups is 1. The van der Waals surface area contributed by atoms with Gasteiger partial charge in [-0.05, 0) is 25.1 Å². The van der Waals surface area contributed by atoms with Crippen LogP contribution in [0.1, 0.15) is 23.1 Å². The summed E-state index contributed by atoms with van der Waals surface area (Å²) in [5.74, 6) is 0.855. The van der Waals surface area contributed by atoms with Crippen LogP contribution in [0.2, 0.25) is 0 Å². The van der Waals surface area contributed by atoms with Crippen LogP contribution >= 0.6 is 11.8 Å². The minimum Gasteiger partial charge on any atom is -0.345 e. The third-order valence-electron chi connectivity index (χ3n) is 4.15. The van der Waals surface area contributed by atoms with Crippen LogP contribution in [0.4, 0.5) is 5.69 Å². The van der Waals surface area contributed by atoms with E-state index in [1.807, 2.05) is 43.3 Å². The van der Waals surface area contributed by atoms with Crippen LogP contribution in [0.15, 0.2) is 53.4 Å². The summed E-state index contributed by atoms with van der Waals surface area (Å²) in [7, 11) is 0. The van der Waals surface area contributed by atoms with E-state index in [1.165, 1.54) is 11.8 Å². The van der Waals surface area contributed by atoms with Gasteiger partial charge in [-0.3, -0.25) is 14.7 Å². The molecule has 0 saturated heterocycles. The Bertz CT molecular complexity index is 1000. The second kappa shape index (κ2) is 7.24. The molecular weight excluding hydrogens is 362 g/mol. The van der Waals surface area contributed by atoms with Gasteiger partial charge in [0.25, 0.3) is 5.91 Å². The van der Waals surface area contributed by atoms with E-state index in [1.54, 1.807) is 12.1 Å². The number of nitrogens with one attached hydrogen (secondary N) is 3. The fourth-order valence-electron chi connectivity index (χ4n) is 2.71. The first-order valence-electron chi connectivity index (χ1n) is 8.46. The van der Waals surface area contributed by atoms with Gasteiger partial charge in [-0.1, -0.05) is 30.3 Å². The standard InChI is InChI=1S/C19H17N5O2S/c1-11-18(25)21-14-9-13(7-8-15(14)27-11)19(26)20-10-16-22-17(24-23-16)12-5-3-2-4-6-12/h2-9,11H,10H2,1H3,(H,20,26)(H,21,25)(H,22,23,24)/t11-/m1/s1. The van der Waals surface area contributed by atoms with Crippen molar-refractivity contribution in [3.05, 3.63) is 59.9 Å². The smallest absolute Gasteiger partial charge is 0.251 e. The summed E-state index contributed by atoms with van der Waals surface area (Å²) in [4.78, 5) is 29.6. The number of anilines is 1. The number of carbonyl (C=O) groups is 2. The van der Waals surface area contributed by atoms with Gasteiger partial charge in [0.1, 0.15) is 5.82 Å². The van der Waals surface area contributed by atoms with Crippen molar-refractivity contribution in [1.82, 2.24) is 20.5 Å². The number of amides is 2. The lowest BCUT2D eigenvalue weighted by Crippen LogP contribution is -2.27. The molecule has 1 aliphatic heterocycles. The highest BCUT2D eigenvalue weighted by Gasteiger charge is 2.23. The zero-order valence-electron chi connectivity index (χ0n) is 14.5. The molecule has 2 aromatic carbocycles. The molecule has 3 aromatic rings. The summed E-state index contributed by atoms with van der Waals surface area (Å²) in [6, 6.07) is 14.9. The largest absolute Gasteiger partial charge is 0.345 e. The van der Waals surface area contributed by atoms with E-state index in [4.69, 9.17) is 0 Å². The van der Waals surface area contributed by atoms with E-state index in [0.717, 1.165) is 10.5 Å². The Labute approximate surface area is 160 Å². The highest BCUT2D eigenvalue weighted by atomic mass is 32.2. The minimum atomic E-state index is -0.242. The number of nitrogens with zero attached hydrogens (tertiary/aromatic N) is 2. The molecule has 1 aliphatic rings. The summed E-state index contributed by atoms with van der Waals surface area (Å²) in [5, 5.41) is 12.5. The maximum atomic E-state index is 12.4. The molecule has 0 aliphatic carbocycles. The van der Waals surface area contributed by atoms with Gasteiger partial charge < -0.3 is 10.6 Å². The summed E-state index contributed by atoms with van der Waals surface area (Å²) >= 11 is 1.48. The lowest BCUT2D eigenvalue weighted by molar-refractivity contribution is -0.115. The molecule has 0 bridgehead atoms. The molecule has 2 amide bonds. The molecule has 4 rings (SSSR count). The Morgan fingerprint density at radius 2 is 2.04 bits per heavy atom. The Morgan fingerprint density at radius 3 is 2.85 bits per heavy atom. The summed E-state index contributed by atoms with van der Waals surface area (Å²) in [6.45, 7) is 2.08. The van der Waals surface area contributed by atoms with Gasteiger partial charge >= 0.3 is 0 Å². The van der Waals surface area contributed by atoms with Crippen LogP contribution < -0.4 is 10.6 Å². The van der Waals surface area contributed by atoms with Crippen molar-refractivity contribution in [1.29, 1.82) is 0 Å². The van der Waals surface area contributed by atoms with Gasteiger partial charge in [0.2, 0.25) is 5.91 Å². The summed E-state index contributed by atoms with van der Waals surface area (Å²) < 4.78 is 0. The molecule has 0 saturated carbocycles. The third-order valence-corrected chi connectivity index (χ3v) is 5.33. The molecule has 3 N–H and O–H groups in total. The quantitative estimate of drug-likeness (QED) is 0.647. The number of fused-ring (bicyclic) bond motifs is 1. The van der Waals surface area contributed by atoms with Gasteiger partial charge in [0, 0.05) is 16.0 Å². The van der Waals surface area contributed by atoms with Crippen LogP contribution in [0.3, 0.4) is 0 Å². The maximum Gasteiger partial charge on any atom is 0.251 e. The van der Waals surface area contributed by atoms with Crippen molar-refractivity contribution in [3.63, 3.8) is 0 Å². The van der Waals surface area contributed by atoms with Crippen LogP contribution in [0, 0.1) is 0 Å². The SMILES string of the molecule is C[C@H]1Sc2ccc(C(=O)NCc3nc(-c4ccccc4)n[nH]3)cc2NC1=O. The number of H-pyrrole nitrogens is 1. The van der Waals surface area contributed by atoms with Crippen LogP contribution in [-0.4, -0.2) is 32.2 Å². The Hall–Kier alpha value is -3.13. The minimum absolute atomic E-state index is 0.0554. The van der Waals surface area contributed by atoms with Crippen LogP contribution in [0.5, 0.6) is 0 Å². The van der Waals surface area contributed by atoms with Crippen molar-refractivity contribution in [3.8, 4) is 11.4 Å². The molecule has 0 radical (unpaired) electrons. The van der Waals surface area contributed by atoms with Crippen molar-refractivity contribution in [2.45, 2.75) is 23.6 Å². The van der Waals surface area contributed by atoms with Crippen molar-refractivity contribution >= 4 is 29.3 Å². The summed E-state index contributed by atoms with van der Waals surface area (Å²) in [6.07, 6.45) is 0. The second-order valence-corrected chi connectivity index (χ2v) is 7.50. The number of aromatic nitrogens is 3. The predicted octanol–water partition coefficient (Wildman–Crippen LogP) is 2.83. The molecular formula is C19H17N5O2S. The topological polar surface area (TPSA) is 99.8 Å². The molecule has 7 nitrogen and oxygen atoms in total.